The van der Waals surface area contributed by atoms with E-state index >= 15 is 0 Å². The summed E-state index contributed by atoms with van der Waals surface area (Å²) in [5, 5.41) is 6.34. The van der Waals surface area contributed by atoms with Gasteiger partial charge in [-0.15, -0.1) is 0 Å². The number of amides is 2. The van der Waals surface area contributed by atoms with Crippen molar-refractivity contribution in [3.63, 3.8) is 0 Å². The van der Waals surface area contributed by atoms with E-state index in [0.29, 0.717) is 5.92 Å². The van der Waals surface area contributed by atoms with E-state index in [-0.39, 0.29) is 12.1 Å². The monoisotopic (exact) mass is 301 g/mol. The third kappa shape index (κ3) is 3.61. The lowest BCUT2D eigenvalue weighted by molar-refractivity contribution is 0.177. The molecule has 2 fully saturated rings. The van der Waals surface area contributed by atoms with Crippen LogP contribution in [-0.4, -0.2) is 36.6 Å². The van der Waals surface area contributed by atoms with Crippen LogP contribution >= 0.6 is 0 Å². The van der Waals surface area contributed by atoms with Crippen LogP contribution in [0.15, 0.2) is 24.3 Å². The molecule has 0 radical (unpaired) electrons. The van der Waals surface area contributed by atoms with Gasteiger partial charge in [0.15, 0.2) is 0 Å². The van der Waals surface area contributed by atoms with Crippen LogP contribution in [0.25, 0.3) is 0 Å². The highest BCUT2D eigenvalue weighted by Crippen LogP contribution is 2.32. The van der Waals surface area contributed by atoms with Crippen LogP contribution in [0.2, 0.25) is 0 Å². The fourth-order valence-corrected chi connectivity index (χ4v) is 3.61. The number of urea groups is 1. The number of nitrogens with zero attached hydrogens (tertiary/aromatic N) is 1. The van der Waals surface area contributed by atoms with Gasteiger partial charge in [0.1, 0.15) is 0 Å². The molecule has 1 unspecified atom stereocenters. The van der Waals surface area contributed by atoms with E-state index in [1.807, 2.05) is 4.90 Å². The van der Waals surface area contributed by atoms with Crippen molar-refractivity contribution >= 4 is 11.7 Å². The van der Waals surface area contributed by atoms with Crippen molar-refractivity contribution in [2.24, 2.45) is 0 Å². The van der Waals surface area contributed by atoms with Crippen molar-refractivity contribution < 1.29 is 4.79 Å². The van der Waals surface area contributed by atoms with Crippen molar-refractivity contribution in [1.29, 1.82) is 0 Å². The molecule has 1 aromatic carbocycles. The predicted octanol–water partition coefficient (Wildman–Crippen LogP) is 3.56. The number of carbonyl (C=O) groups is 1. The summed E-state index contributed by atoms with van der Waals surface area (Å²) in [6, 6.07) is 8.73. The first-order valence-corrected chi connectivity index (χ1v) is 8.62. The molecule has 1 saturated heterocycles. The maximum atomic E-state index is 12.4. The summed E-state index contributed by atoms with van der Waals surface area (Å²) in [4.78, 5) is 14.3. The molecule has 1 aromatic rings. The van der Waals surface area contributed by atoms with Gasteiger partial charge >= 0.3 is 6.03 Å². The number of anilines is 1. The molecular formula is C18H27N3O. The molecule has 120 valence electrons. The Morgan fingerprint density at radius 1 is 1.18 bits per heavy atom. The quantitative estimate of drug-likeness (QED) is 0.877. The van der Waals surface area contributed by atoms with Crippen LogP contribution < -0.4 is 10.6 Å². The van der Waals surface area contributed by atoms with Gasteiger partial charge in [0, 0.05) is 31.4 Å². The fraction of sp³-hybridized carbons (Fsp3) is 0.611. The molecule has 0 aromatic heterocycles. The maximum absolute atomic E-state index is 12.4. The van der Waals surface area contributed by atoms with E-state index in [0.717, 1.165) is 25.3 Å². The van der Waals surface area contributed by atoms with Crippen molar-refractivity contribution in [2.75, 3.05) is 25.0 Å². The highest BCUT2D eigenvalue weighted by atomic mass is 16.2. The lowest BCUT2D eigenvalue weighted by atomic mass is 9.84. The number of hydrogen-bond donors (Lipinski definition) is 2. The Hall–Kier alpha value is -1.55. The van der Waals surface area contributed by atoms with E-state index in [2.05, 4.69) is 41.8 Å². The maximum Gasteiger partial charge on any atom is 0.322 e. The molecule has 3 rings (SSSR count). The molecule has 22 heavy (non-hydrogen) atoms. The molecule has 2 aliphatic rings. The first-order chi connectivity index (χ1) is 10.7. The van der Waals surface area contributed by atoms with E-state index in [4.69, 9.17) is 0 Å². The molecule has 1 aliphatic carbocycles. The zero-order valence-corrected chi connectivity index (χ0v) is 13.5. The average molecular weight is 301 g/mol. The smallest absolute Gasteiger partial charge is 0.319 e. The Bertz CT molecular complexity index is 494. The van der Waals surface area contributed by atoms with Gasteiger partial charge in [-0.3, -0.25) is 0 Å². The van der Waals surface area contributed by atoms with Crippen molar-refractivity contribution in [3.8, 4) is 0 Å². The Labute approximate surface area is 133 Å². The summed E-state index contributed by atoms with van der Waals surface area (Å²) >= 11 is 0. The zero-order chi connectivity index (χ0) is 15.4. The molecule has 4 nitrogen and oxygen atoms in total. The Kier molecular flexibility index (Phi) is 4.98. The molecule has 2 N–H and O–H groups in total. The summed E-state index contributed by atoms with van der Waals surface area (Å²) in [7, 11) is 0. The molecule has 1 aliphatic heterocycles. The number of piperazine rings is 1. The standard InChI is InChI=1S/C18H27N3O/c1-14-13-19-11-12-21(14)18(22)20-17-9-7-16(8-10-17)15-5-3-2-4-6-15/h7-10,14-15,19H,2-6,11-13H2,1H3,(H,20,22). The van der Waals surface area contributed by atoms with Gasteiger partial charge in [-0.1, -0.05) is 31.4 Å². The zero-order valence-electron chi connectivity index (χ0n) is 13.5. The van der Waals surface area contributed by atoms with Crippen LogP contribution in [0, 0.1) is 0 Å². The highest BCUT2D eigenvalue weighted by Gasteiger charge is 2.23. The van der Waals surface area contributed by atoms with Gasteiger partial charge in [0.2, 0.25) is 0 Å². The lowest BCUT2D eigenvalue weighted by Crippen LogP contribution is -2.53. The second-order valence-electron chi connectivity index (χ2n) is 6.63. The van der Waals surface area contributed by atoms with Crippen LogP contribution in [0.4, 0.5) is 10.5 Å². The van der Waals surface area contributed by atoms with Gasteiger partial charge in [-0.25, -0.2) is 4.79 Å². The van der Waals surface area contributed by atoms with Crippen LogP contribution in [0.1, 0.15) is 50.5 Å². The number of hydrogen-bond acceptors (Lipinski definition) is 2. The average Bonchev–Trinajstić information content (AvgIpc) is 2.57. The van der Waals surface area contributed by atoms with Crippen molar-refractivity contribution in [3.05, 3.63) is 29.8 Å². The summed E-state index contributed by atoms with van der Waals surface area (Å²) in [6.07, 6.45) is 6.70. The molecule has 1 heterocycles. The third-order valence-corrected chi connectivity index (χ3v) is 5.00. The number of benzene rings is 1. The SMILES string of the molecule is CC1CNCCN1C(=O)Nc1ccc(C2CCCCC2)cc1. The molecule has 2 amide bonds. The molecule has 1 saturated carbocycles. The van der Waals surface area contributed by atoms with Gasteiger partial charge in [0.05, 0.1) is 0 Å². The summed E-state index contributed by atoms with van der Waals surface area (Å²) < 4.78 is 0. The second kappa shape index (κ2) is 7.14. The lowest BCUT2D eigenvalue weighted by Gasteiger charge is -2.33. The summed E-state index contributed by atoms with van der Waals surface area (Å²) in [5.41, 5.74) is 2.32. The summed E-state index contributed by atoms with van der Waals surface area (Å²) in [6.45, 7) is 4.59. The Morgan fingerprint density at radius 2 is 1.91 bits per heavy atom. The largest absolute Gasteiger partial charge is 0.322 e. The molecular weight excluding hydrogens is 274 g/mol. The van der Waals surface area contributed by atoms with Crippen molar-refractivity contribution in [1.82, 2.24) is 10.2 Å². The van der Waals surface area contributed by atoms with Crippen LogP contribution in [0.3, 0.4) is 0 Å². The van der Waals surface area contributed by atoms with E-state index in [1.165, 1.54) is 37.7 Å². The number of carbonyl (C=O) groups excluding carboxylic acids is 1. The topological polar surface area (TPSA) is 44.4 Å². The normalized spacial score (nSPS) is 23.3. The van der Waals surface area contributed by atoms with Gasteiger partial charge in [0.25, 0.3) is 0 Å². The van der Waals surface area contributed by atoms with Crippen LogP contribution in [0.5, 0.6) is 0 Å². The molecule has 0 bridgehead atoms. The van der Waals surface area contributed by atoms with Gasteiger partial charge < -0.3 is 15.5 Å². The Balaban J connectivity index is 1.59. The molecule has 1 atom stereocenters. The highest BCUT2D eigenvalue weighted by molar-refractivity contribution is 5.89. The first kappa shape index (κ1) is 15.3. The predicted molar refractivity (Wildman–Crippen MR) is 90.3 cm³/mol. The number of rotatable bonds is 2. The van der Waals surface area contributed by atoms with Crippen LogP contribution in [-0.2, 0) is 0 Å². The van der Waals surface area contributed by atoms with E-state index in [1.54, 1.807) is 0 Å². The minimum atomic E-state index is 0.0133. The molecule has 0 spiro atoms. The number of nitrogens with one attached hydrogen (secondary N) is 2. The minimum absolute atomic E-state index is 0.0133. The summed E-state index contributed by atoms with van der Waals surface area (Å²) in [5.74, 6) is 0.715. The Morgan fingerprint density at radius 3 is 2.59 bits per heavy atom. The van der Waals surface area contributed by atoms with Gasteiger partial charge in [-0.2, -0.15) is 0 Å². The van der Waals surface area contributed by atoms with Crippen molar-refractivity contribution in [2.45, 2.75) is 51.0 Å². The van der Waals surface area contributed by atoms with E-state index < -0.39 is 0 Å². The fourth-order valence-electron chi connectivity index (χ4n) is 3.61. The third-order valence-electron chi connectivity index (χ3n) is 5.00. The van der Waals surface area contributed by atoms with E-state index in [9.17, 15) is 4.79 Å². The minimum Gasteiger partial charge on any atom is -0.319 e. The second-order valence-corrected chi connectivity index (χ2v) is 6.63. The first-order valence-electron chi connectivity index (χ1n) is 8.62. The molecule has 4 heteroatoms. The van der Waals surface area contributed by atoms with Gasteiger partial charge in [-0.05, 0) is 43.4 Å².